The van der Waals surface area contributed by atoms with Gasteiger partial charge in [0.1, 0.15) is 5.75 Å². The van der Waals surface area contributed by atoms with Gasteiger partial charge in [-0.25, -0.2) is 0 Å². The van der Waals surface area contributed by atoms with Gasteiger partial charge in [0.25, 0.3) is 10.1 Å². The van der Waals surface area contributed by atoms with Crippen molar-refractivity contribution >= 4 is 22.1 Å². The molecule has 0 amide bonds. The third kappa shape index (κ3) is 8.14. The Kier molecular flexibility index (Phi) is 10.5. The number of benzene rings is 1. The molecule has 0 spiro atoms. The van der Waals surface area contributed by atoms with E-state index in [2.05, 4.69) is 0 Å². The molecule has 0 bridgehead atoms. The van der Waals surface area contributed by atoms with Crippen LogP contribution in [0.2, 0.25) is 0 Å². The molecular weight excluding hydrogens is 424 g/mol. The van der Waals surface area contributed by atoms with E-state index in [-0.39, 0.29) is 23.6 Å². The van der Waals surface area contributed by atoms with Crippen LogP contribution in [0.4, 0.5) is 0 Å². The molecular formula is C22H34O8S. The molecule has 0 aromatic heterocycles. The zero-order valence-electron chi connectivity index (χ0n) is 18.9. The van der Waals surface area contributed by atoms with Crippen LogP contribution >= 0.6 is 0 Å². The molecule has 0 saturated heterocycles. The number of carbonyl (C=O) groups excluding carboxylic acids is 2. The summed E-state index contributed by atoms with van der Waals surface area (Å²) in [5.74, 6) is -1.06. The molecule has 0 radical (unpaired) electrons. The average molecular weight is 459 g/mol. The molecule has 0 aliphatic rings. The first kappa shape index (κ1) is 26.9. The Balaban J connectivity index is 2.87. The molecule has 1 aromatic carbocycles. The maximum Gasteiger partial charge on any atom is 0.312 e. The topological polar surface area (TPSA) is 116 Å². The van der Waals surface area contributed by atoms with Crippen LogP contribution in [-0.4, -0.2) is 51.5 Å². The summed E-state index contributed by atoms with van der Waals surface area (Å²) in [5.41, 5.74) is -0.0340. The third-order valence-electron chi connectivity index (χ3n) is 5.75. The second-order valence-corrected chi connectivity index (χ2v) is 9.45. The molecule has 31 heavy (non-hydrogen) atoms. The smallest absolute Gasteiger partial charge is 0.312 e. The van der Waals surface area contributed by atoms with Gasteiger partial charge in [0.2, 0.25) is 0 Å². The predicted molar refractivity (Wildman–Crippen MR) is 117 cm³/mol. The summed E-state index contributed by atoms with van der Waals surface area (Å²) < 4.78 is 45.7. The Morgan fingerprint density at radius 1 is 1.10 bits per heavy atom. The van der Waals surface area contributed by atoms with Gasteiger partial charge in [-0.2, -0.15) is 8.42 Å². The van der Waals surface area contributed by atoms with Gasteiger partial charge >= 0.3 is 11.9 Å². The van der Waals surface area contributed by atoms with E-state index in [0.29, 0.717) is 38.0 Å². The van der Waals surface area contributed by atoms with Crippen molar-refractivity contribution < 1.29 is 36.8 Å². The maximum atomic E-state index is 12.7. The summed E-state index contributed by atoms with van der Waals surface area (Å²) in [7, 11) is -1.27. The fourth-order valence-corrected chi connectivity index (χ4v) is 4.11. The van der Waals surface area contributed by atoms with Gasteiger partial charge < -0.3 is 14.2 Å². The largest absolute Gasteiger partial charge is 0.494 e. The number of hydrogen-bond donors (Lipinski definition) is 1. The average Bonchev–Trinajstić information content (AvgIpc) is 2.75. The minimum absolute atomic E-state index is 0.234. The molecule has 176 valence electrons. The number of hydrogen-bond acceptors (Lipinski definition) is 7. The van der Waals surface area contributed by atoms with Gasteiger partial charge in [-0.15, -0.1) is 0 Å². The van der Waals surface area contributed by atoms with E-state index in [4.69, 9.17) is 18.8 Å². The van der Waals surface area contributed by atoms with Crippen molar-refractivity contribution in [1.29, 1.82) is 0 Å². The second-order valence-electron chi connectivity index (χ2n) is 7.87. The minimum atomic E-state index is -3.95. The lowest BCUT2D eigenvalue weighted by Gasteiger charge is -2.35. The monoisotopic (exact) mass is 458 g/mol. The van der Waals surface area contributed by atoms with Crippen LogP contribution in [-0.2, 0) is 29.2 Å². The van der Waals surface area contributed by atoms with E-state index in [9.17, 15) is 18.0 Å². The normalized spacial score (nSPS) is 15.4. The fourth-order valence-electron chi connectivity index (χ4n) is 3.54. The molecule has 9 heteroatoms. The molecule has 1 N–H and O–H groups in total. The Morgan fingerprint density at radius 3 is 2.19 bits per heavy atom. The maximum absolute atomic E-state index is 12.7. The van der Waals surface area contributed by atoms with Crippen molar-refractivity contribution in [3.63, 3.8) is 0 Å². The van der Waals surface area contributed by atoms with E-state index in [0.717, 1.165) is 5.56 Å². The number of unbranched alkanes of at least 4 members (excludes halogenated alkanes) is 1. The SMILES string of the molecule is CCC(CC(C)(C(=O)OC)C(C)c1ccc(OCCCCS(=O)(=O)O)cc1)C(=O)OC. The molecule has 0 aliphatic carbocycles. The second kappa shape index (κ2) is 12.0. The highest BCUT2D eigenvalue weighted by atomic mass is 32.2. The number of methoxy groups -OCH3 is 2. The number of ether oxygens (including phenoxy) is 3. The zero-order chi connectivity index (χ0) is 23.7. The Hall–Kier alpha value is -2.13. The standard InChI is InChI=1S/C22H34O8S/c1-6-17(20(23)28-4)15-22(3,21(24)29-5)16(2)18-9-11-19(12-10-18)30-13-7-8-14-31(25,26)27/h9-12,16-17H,6-8,13-15H2,1-5H3,(H,25,26,27). The van der Waals surface area contributed by atoms with Crippen LogP contribution in [0.15, 0.2) is 24.3 Å². The summed E-state index contributed by atoms with van der Waals surface area (Å²) in [5, 5.41) is 0. The fraction of sp³-hybridized carbons (Fsp3) is 0.636. The molecule has 3 atom stereocenters. The predicted octanol–water partition coefficient (Wildman–Crippen LogP) is 3.61. The van der Waals surface area contributed by atoms with Crippen molar-refractivity contribution in [3.8, 4) is 5.75 Å². The van der Waals surface area contributed by atoms with Gasteiger partial charge in [0.15, 0.2) is 0 Å². The number of carbonyl (C=O) groups is 2. The van der Waals surface area contributed by atoms with E-state index in [1.807, 2.05) is 26.0 Å². The molecule has 0 saturated carbocycles. The van der Waals surface area contributed by atoms with Crippen LogP contribution < -0.4 is 4.74 Å². The first-order valence-electron chi connectivity index (χ1n) is 10.3. The van der Waals surface area contributed by atoms with Gasteiger partial charge in [0, 0.05) is 0 Å². The summed E-state index contributed by atoms with van der Waals surface area (Å²) in [6.07, 6.45) is 1.65. The third-order valence-corrected chi connectivity index (χ3v) is 6.56. The highest BCUT2D eigenvalue weighted by Crippen LogP contribution is 2.43. The summed E-state index contributed by atoms with van der Waals surface area (Å²) in [6.45, 7) is 5.93. The first-order valence-corrected chi connectivity index (χ1v) is 11.9. The van der Waals surface area contributed by atoms with E-state index in [1.165, 1.54) is 14.2 Å². The summed E-state index contributed by atoms with van der Waals surface area (Å²) in [6, 6.07) is 7.28. The first-order chi connectivity index (χ1) is 14.5. The molecule has 0 heterocycles. The lowest BCUT2D eigenvalue weighted by molar-refractivity contribution is -0.157. The van der Waals surface area contributed by atoms with Crippen molar-refractivity contribution in [3.05, 3.63) is 29.8 Å². The zero-order valence-corrected chi connectivity index (χ0v) is 19.7. The lowest BCUT2D eigenvalue weighted by Crippen LogP contribution is -2.38. The van der Waals surface area contributed by atoms with Gasteiger partial charge in [-0.3, -0.25) is 14.1 Å². The Labute approximate surface area is 185 Å². The van der Waals surface area contributed by atoms with Crippen LogP contribution in [0.3, 0.4) is 0 Å². The van der Waals surface area contributed by atoms with E-state index < -0.39 is 21.5 Å². The highest BCUT2D eigenvalue weighted by molar-refractivity contribution is 7.85. The van der Waals surface area contributed by atoms with Crippen molar-refractivity contribution in [2.45, 2.75) is 52.4 Å². The Morgan fingerprint density at radius 2 is 1.71 bits per heavy atom. The quantitative estimate of drug-likeness (QED) is 0.271. The summed E-state index contributed by atoms with van der Waals surface area (Å²) in [4.78, 5) is 24.8. The number of esters is 2. The van der Waals surface area contributed by atoms with Crippen molar-refractivity contribution in [1.82, 2.24) is 0 Å². The Bertz CT molecular complexity index is 818. The van der Waals surface area contributed by atoms with Crippen molar-refractivity contribution in [2.75, 3.05) is 26.6 Å². The van der Waals surface area contributed by atoms with Gasteiger partial charge in [-0.1, -0.05) is 26.0 Å². The molecule has 3 unspecified atom stereocenters. The molecule has 1 rings (SSSR count). The molecule has 0 aliphatic heterocycles. The highest BCUT2D eigenvalue weighted by Gasteiger charge is 2.43. The summed E-state index contributed by atoms with van der Waals surface area (Å²) >= 11 is 0. The van der Waals surface area contributed by atoms with Crippen molar-refractivity contribution in [2.24, 2.45) is 11.3 Å². The lowest BCUT2D eigenvalue weighted by atomic mass is 9.69. The van der Waals surface area contributed by atoms with Crippen LogP contribution in [0.5, 0.6) is 5.75 Å². The van der Waals surface area contributed by atoms with Gasteiger partial charge in [0.05, 0.1) is 37.9 Å². The van der Waals surface area contributed by atoms with E-state index in [1.54, 1.807) is 19.1 Å². The van der Waals surface area contributed by atoms with Gasteiger partial charge in [-0.05, 0) is 56.2 Å². The molecule has 8 nitrogen and oxygen atoms in total. The van der Waals surface area contributed by atoms with Crippen LogP contribution in [0.1, 0.15) is 57.9 Å². The minimum Gasteiger partial charge on any atom is -0.494 e. The van der Waals surface area contributed by atoms with Crippen LogP contribution in [0, 0.1) is 11.3 Å². The van der Waals surface area contributed by atoms with E-state index >= 15 is 0 Å². The number of rotatable bonds is 13. The molecule has 0 fully saturated rings. The van der Waals surface area contributed by atoms with Crippen LogP contribution in [0.25, 0.3) is 0 Å². The molecule has 1 aromatic rings.